The molecule has 0 aliphatic carbocycles. The number of likely N-dealkylation sites (tertiary alicyclic amines) is 1. The number of amides is 1. The number of piperidine rings is 1. The number of rotatable bonds is 4. The lowest BCUT2D eigenvalue weighted by molar-refractivity contribution is 0.0644. The summed E-state index contributed by atoms with van der Waals surface area (Å²) in [5, 5.41) is 0. The molecular formula is C24H30FN3O. The standard InChI is InChI=1S/C24H30FN3O/c1-26-13-15-27(16-14-26)18-19-9-11-28(12-10-19)24(29)21-7-5-20(6-8-21)22-3-2-4-23(25)17-22/h2-8,17,19H,9-16,18H2,1H3. The van der Waals surface area contributed by atoms with E-state index in [0.29, 0.717) is 11.5 Å². The number of nitrogens with zero attached hydrogens (tertiary/aromatic N) is 3. The minimum Gasteiger partial charge on any atom is -0.339 e. The zero-order valence-corrected chi connectivity index (χ0v) is 17.2. The number of likely N-dealkylation sites (N-methyl/N-ethyl adjacent to an activating group) is 1. The van der Waals surface area contributed by atoms with Gasteiger partial charge in [0.25, 0.3) is 5.91 Å². The molecule has 154 valence electrons. The summed E-state index contributed by atoms with van der Waals surface area (Å²) in [4.78, 5) is 19.8. The van der Waals surface area contributed by atoms with Gasteiger partial charge in [-0.3, -0.25) is 4.79 Å². The predicted octanol–water partition coefficient (Wildman–Crippen LogP) is 3.59. The summed E-state index contributed by atoms with van der Waals surface area (Å²) >= 11 is 0. The van der Waals surface area contributed by atoms with E-state index < -0.39 is 0 Å². The smallest absolute Gasteiger partial charge is 0.253 e. The van der Waals surface area contributed by atoms with Crippen LogP contribution in [0.1, 0.15) is 23.2 Å². The van der Waals surface area contributed by atoms with E-state index in [4.69, 9.17) is 0 Å². The monoisotopic (exact) mass is 395 g/mol. The molecule has 2 aromatic carbocycles. The first kappa shape index (κ1) is 20.0. The molecule has 0 bridgehead atoms. The van der Waals surface area contributed by atoms with Crippen molar-refractivity contribution >= 4 is 5.91 Å². The molecule has 0 unspecified atom stereocenters. The normalized spacial score (nSPS) is 19.4. The second kappa shape index (κ2) is 9.06. The van der Waals surface area contributed by atoms with Crippen LogP contribution in [0.4, 0.5) is 4.39 Å². The second-order valence-electron chi connectivity index (χ2n) is 8.43. The molecule has 29 heavy (non-hydrogen) atoms. The first-order valence-electron chi connectivity index (χ1n) is 10.6. The van der Waals surface area contributed by atoms with Gasteiger partial charge in [0.1, 0.15) is 5.82 Å². The fourth-order valence-electron chi connectivity index (χ4n) is 4.37. The predicted molar refractivity (Wildman–Crippen MR) is 114 cm³/mol. The van der Waals surface area contributed by atoms with Gasteiger partial charge in [0.15, 0.2) is 0 Å². The summed E-state index contributed by atoms with van der Waals surface area (Å²) in [6, 6.07) is 14.1. The van der Waals surface area contributed by atoms with Crippen molar-refractivity contribution in [1.29, 1.82) is 0 Å². The van der Waals surface area contributed by atoms with Gasteiger partial charge in [-0.05, 0) is 61.2 Å². The van der Waals surface area contributed by atoms with Gasteiger partial charge < -0.3 is 14.7 Å². The van der Waals surface area contributed by atoms with Crippen LogP contribution in [0.2, 0.25) is 0 Å². The van der Waals surface area contributed by atoms with Crippen LogP contribution in [0.25, 0.3) is 11.1 Å². The average Bonchev–Trinajstić information content (AvgIpc) is 2.75. The molecule has 0 saturated carbocycles. The van der Waals surface area contributed by atoms with Crippen molar-refractivity contribution in [3.8, 4) is 11.1 Å². The van der Waals surface area contributed by atoms with E-state index >= 15 is 0 Å². The number of hydrogen-bond donors (Lipinski definition) is 0. The quantitative estimate of drug-likeness (QED) is 0.792. The average molecular weight is 396 g/mol. The highest BCUT2D eigenvalue weighted by atomic mass is 19.1. The van der Waals surface area contributed by atoms with Gasteiger partial charge in [0.05, 0.1) is 0 Å². The Morgan fingerprint density at radius 1 is 0.931 bits per heavy atom. The maximum Gasteiger partial charge on any atom is 0.253 e. The summed E-state index contributed by atoms with van der Waals surface area (Å²) < 4.78 is 13.4. The van der Waals surface area contributed by atoms with Gasteiger partial charge in [-0.2, -0.15) is 0 Å². The maximum absolute atomic E-state index is 13.4. The van der Waals surface area contributed by atoms with Crippen molar-refractivity contribution in [3.63, 3.8) is 0 Å². The SMILES string of the molecule is CN1CCN(CC2CCN(C(=O)c3ccc(-c4cccc(F)c4)cc3)CC2)CC1. The molecule has 5 heteroatoms. The number of benzene rings is 2. The molecule has 0 atom stereocenters. The van der Waals surface area contributed by atoms with E-state index in [2.05, 4.69) is 16.8 Å². The van der Waals surface area contributed by atoms with Crippen LogP contribution < -0.4 is 0 Å². The second-order valence-corrected chi connectivity index (χ2v) is 8.43. The lowest BCUT2D eigenvalue weighted by Crippen LogP contribution is -2.48. The van der Waals surface area contributed by atoms with E-state index in [1.165, 1.54) is 12.1 Å². The molecule has 2 heterocycles. The first-order valence-corrected chi connectivity index (χ1v) is 10.6. The summed E-state index contributed by atoms with van der Waals surface area (Å²) in [6.07, 6.45) is 2.17. The van der Waals surface area contributed by atoms with Gasteiger partial charge in [0.2, 0.25) is 0 Å². The zero-order chi connectivity index (χ0) is 20.2. The molecule has 0 spiro atoms. The molecule has 2 aliphatic rings. The van der Waals surface area contributed by atoms with Gasteiger partial charge in [-0.1, -0.05) is 24.3 Å². The highest BCUT2D eigenvalue weighted by Gasteiger charge is 2.26. The highest BCUT2D eigenvalue weighted by molar-refractivity contribution is 5.94. The third kappa shape index (κ3) is 5.03. The number of halogens is 1. The molecule has 1 amide bonds. The van der Waals surface area contributed by atoms with Crippen molar-refractivity contribution in [3.05, 3.63) is 59.9 Å². The molecule has 0 N–H and O–H groups in total. The van der Waals surface area contributed by atoms with Crippen molar-refractivity contribution in [2.75, 3.05) is 52.9 Å². The number of carbonyl (C=O) groups excluding carboxylic acids is 1. The van der Waals surface area contributed by atoms with Crippen LogP contribution in [-0.2, 0) is 0 Å². The largest absolute Gasteiger partial charge is 0.339 e. The Hall–Kier alpha value is -2.24. The van der Waals surface area contributed by atoms with Crippen LogP contribution in [0.15, 0.2) is 48.5 Å². The lowest BCUT2D eigenvalue weighted by Gasteiger charge is -2.38. The molecular weight excluding hydrogens is 365 g/mol. The van der Waals surface area contributed by atoms with E-state index in [1.54, 1.807) is 6.07 Å². The van der Waals surface area contributed by atoms with E-state index in [0.717, 1.165) is 69.8 Å². The third-order valence-corrected chi connectivity index (χ3v) is 6.30. The van der Waals surface area contributed by atoms with Gasteiger partial charge >= 0.3 is 0 Å². The number of piperazine rings is 1. The molecule has 0 aromatic heterocycles. The van der Waals surface area contributed by atoms with E-state index in [-0.39, 0.29) is 11.7 Å². The zero-order valence-electron chi connectivity index (χ0n) is 17.2. The maximum atomic E-state index is 13.4. The Kier molecular flexibility index (Phi) is 6.26. The Bertz CT molecular complexity index is 822. The van der Waals surface area contributed by atoms with Crippen LogP contribution in [-0.4, -0.2) is 73.5 Å². The Morgan fingerprint density at radius 2 is 1.62 bits per heavy atom. The summed E-state index contributed by atoms with van der Waals surface area (Å²) in [7, 11) is 2.19. The number of carbonyl (C=O) groups is 1. The fraction of sp³-hybridized carbons (Fsp3) is 0.458. The molecule has 4 rings (SSSR count). The first-order chi connectivity index (χ1) is 14.1. The van der Waals surface area contributed by atoms with Gasteiger partial charge in [0, 0.05) is 51.4 Å². The molecule has 2 fully saturated rings. The molecule has 2 aliphatic heterocycles. The Labute approximate surface area is 172 Å². The minimum absolute atomic E-state index is 0.105. The minimum atomic E-state index is -0.248. The Balaban J connectivity index is 1.30. The Morgan fingerprint density at radius 3 is 2.28 bits per heavy atom. The fourth-order valence-corrected chi connectivity index (χ4v) is 4.37. The lowest BCUT2D eigenvalue weighted by atomic mass is 9.95. The van der Waals surface area contributed by atoms with Crippen molar-refractivity contribution in [1.82, 2.24) is 14.7 Å². The van der Waals surface area contributed by atoms with E-state index in [9.17, 15) is 9.18 Å². The molecule has 2 aromatic rings. The van der Waals surface area contributed by atoms with Crippen LogP contribution >= 0.6 is 0 Å². The third-order valence-electron chi connectivity index (χ3n) is 6.30. The number of hydrogen-bond acceptors (Lipinski definition) is 3. The van der Waals surface area contributed by atoms with Crippen molar-refractivity contribution in [2.24, 2.45) is 5.92 Å². The molecule has 0 radical (unpaired) electrons. The molecule has 4 nitrogen and oxygen atoms in total. The van der Waals surface area contributed by atoms with Crippen LogP contribution in [0.5, 0.6) is 0 Å². The van der Waals surface area contributed by atoms with Gasteiger partial charge in [-0.25, -0.2) is 4.39 Å². The topological polar surface area (TPSA) is 26.8 Å². The van der Waals surface area contributed by atoms with Crippen molar-refractivity contribution < 1.29 is 9.18 Å². The summed E-state index contributed by atoms with van der Waals surface area (Å²) in [5.41, 5.74) is 2.46. The molecule has 2 saturated heterocycles. The van der Waals surface area contributed by atoms with Crippen LogP contribution in [0, 0.1) is 11.7 Å². The van der Waals surface area contributed by atoms with E-state index in [1.807, 2.05) is 35.2 Å². The summed E-state index contributed by atoms with van der Waals surface area (Å²) in [5.74, 6) is 0.550. The highest BCUT2D eigenvalue weighted by Crippen LogP contribution is 2.23. The van der Waals surface area contributed by atoms with Gasteiger partial charge in [-0.15, -0.1) is 0 Å². The summed E-state index contributed by atoms with van der Waals surface area (Å²) in [6.45, 7) is 7.47. The van der Waals surface area contributed by atoms with Crippen molar-refractivity contribution in [2.45, 2.75) is 12.8 Å². The van der Waals surface area contributed by atoms with Crippen LogP contribution in [0.3, 0.4) is 0 Å².